The zero-order valence-electron chi connectivity index (χ0n) is 15.7. The molecular weight excluding hydrogens is 362 g/mol. The van der Waals surface area contributed by atoms with Crippen LogP contribution in [-0.2, 0) is 22.6 Å². The number of methoxy groups -OCH3 is 1. The summed E-state index contributed by atoms with van der Waals surface area (Å²) in [5.41, 5.74) is 0.840. The molecule has 1 aromatic carbocycles. The number of hydrogen-bond donors (Lipinski definition) is 4. The zero-order chi connectivity index (χ0) is 19.9. The number of hydrogen-bond acceptors (Lipinski definition) is 6. The Kier molecular flexibility index (Phi) is 6.59. The van der Waals surface area contributed by atoms with Crippen LogP contribution in [0, 0.1) is 5.92 Å². The van der Waals surface area contributed by atoms with Gasteiger partial charge in [0, 0.05) is 5.92 Å². The Labute approximate surface area is 162 Å². The summed E-state index contributed by atoms with van der Waals surface area (Å²) in [5, 5.41) is 22.5. The highest BCUT2D eigenvalue weighted by atomic mass is 16.5. The van der Waals surface area contributed by atoms with Gasteiger partial charge in [-0.1, -0.05) is 12.1 Å². The van der Waals surface area contributed by atoms with Gasteiger partial charge in [0.2, 0.25) is 11.8 Å². The van der Waals surface area contributed by atoms with Crippen molar-refractivity contribution in [1.82, 2.24) is 25.8 Å². The molecule has 1 aliphatic rings. The second-order valence-electron chi connectivity index (χ2n) is 6.93. The van der Waals surface area contributed by atoms with E-state index in [9.17, 15) is 14.7 Å². The van der Waals surface area contributed by atoms with E-state index in [2.05, 4.69) is 25.8 Å². The van der Waals surface area contributed by atoms with Gasteiger partial charge in [-0.05, 0) is 37.0 Å². The van der Waals surface area contributed by atoms with E-state index in [-0.39, 0.29) is 36.7 Å². The van der Waals surface area contributed by atoms with E-state index in [1.807, 2.05) is 24.3 Å². The molecule has 1 aliphatic carbocycles. The molecule has 4 N–H and O–H groups in total. The van der Waals surface area contributed by atoms with Crippen LogP contribution in [0.5, 0.6) is 5.75 Å². The molecule has 0 bridgehead atoms. The highest BCUT2D eigenvalue weighted by Crippen LogP contribution is 2.25. The summed E-state index contributed by atoms with van der Waals surface area (Å²) >= 11 is 0. The third-order valence-corrected chi connectivity index (χ3v) is 4.93. The average molecular weight is 387 g/mol. The standard InChI is InChI=1S/C19H25N5O4/c1-28-14-4-2-3-12(7-14)8-18(26)23-15-6-5-13(9-16(15)25)19(27)20-10-17-21-11-22-24-17/h2-4,7,11,13,15-16,25H,5-6,8-10H2,1H3,(H,20,27)(H,23,26)(H,21,22,24)/t13-,15+,16+/m0/s1. The molecule has 2 aromatic rings. The fraction of sp³-hybridized carbons (Fsp3) is 0.474. The van der Waals surface area contributed by atoms with Gasteiger partial charge in [0.15, 0.2) is 0 Å². The maximum Gasteiger partial charge on any atom is 0.224 e. The fourth-order valence-corrected chi connectivity index (χ4v) is 3.41. The molecule has 1 heterocycles. The van der Waals surface area contributed by atoms with Crippen LogP contribution in [0.2, 0.25) is 0 Å². The summed E-state index contributed by atoms with van der Waals surface area (Å²) in [4.78, 5) is 28.6. The lowest BCUT2D eigenvalue weighted by Gasteiger charge is -2.33. The number of H-pyrrole nitrogens is 1. The van der Waals surface area contributed by atoms with Gasteiger partial charge in [0.25, 0.3) is 0 Å². The predicted molar refractivity (Wildman–Crippen MR) is 100 cm³/mol. The van der Waals surface area contributed by atoms with Crippen LogP contribution < -0.4 is 15.4 Å². The van der Waals surface area contributed by atoms with E-state index < -0.39 is 6.10 Å². The maximum absolute atomic E-state index is 12.3. The van der Waals surface area contributed by atoms with Crippen LogP contribution in [-0.4, -0.2) is 51.4 Å². The number of aromatic nitrogens is 3. The van der Waals surface area contributed by atoms with E-state index in [0.29, 0.717) is 30.8 Å². The van der Waals surface area contributed by atoms with Crippen molar-refractivity contribution in [3.63, 3.8) is 0 Å². The summed E-state index contributed by atoms with van der Waals surface area (Å²) in [6, 6.07) is 6.97. The van der Waals surface area contributed by atoms with Gasteiger partial charge in [0.1, 0.15) is 17.9 Å². The number of aliphatic hydroxyl groups excluding tert-OH is 1. The Morgan fingerprint density at radius 3 is 2.93 bits per heavy atom. The van der Waals surface area contributed by atoms with Crippen LogP contribution >= 0.6 is 0 Å². The molecule has 1 saturated carbocycles. The van der Waals surface area contributed by atoms with E-state index in [4.69, 9.17) is 4.74 Å². The van der Waals surface area contributed by atoms with Crippen molar-refractivity contribution in [2.45, 2.75) is 44.4 Å². The topological polar surface area (TPSA) is 129 Å². The van der Waals surface area contributed by atoms with Gasteiger partial charge >= 0.3 is 0 Å². The molecule has 0 unspecified atom stereocenters. The van der Waals surface area contributed by atoms with Crippen molar-refractivity contribution in [3.8, 4) is 5.75 Å². The number of aromatic amines is 1. The molecule has 3 atom stereocenters. The largest absolute Gasteiger partial charge is 0.497 e. The van der Waals surface area contributed by atoms with Crippen molar-refractivity contribution in [3.05, 3.63) is 42.0 Å². The second-order valence-corrected chi connectivity index (χ2v) is 6.93. The highest BCUT2D eigenvalue weighted by molar-refractivity contribution is 5.80. The summed E-state index contributed by atoms with van der Waals surface area (Å²) in [6.45, 7) is 0.270. The smallest absolute Gasteiger partial charge is 0.224 e. The van der Waals surface area contributed by atoms with Crippen LogP contribution in [0.1, 0.15) is 30.7 Å². The number of amides is 2. The molecule has 28 heavy (non-hydrogen) atoms. The lowest BCUT2D eigenvalue weighted by Crippen LogP contribution is -2.49. The summed E-state index contributed by atoms with van der Waals surface area (Å²) in [6.07, 6.45) is 2.29. The minimum atomic E-state index is -0.760. The van der Waals surface area contributed by atoms with Crippen molar-refractivity contribution < 1.29 is 19.4 Å². The molecule has 2 amide bonds. The molecule has 3 rings (SSSR count). The van der Waals surface area contributed by atoms with Gasteiger partial charge in [-0.3, -0.25) is 14.7 Å². The molecule has 0 spiro atoms. The van der Waals surface area contributed by atoms with Gasteiger partial charge < -0.3 is 20.5 Å². The molecule has 9 nitrogen and oxygen atoms in total. The Hall–Kier alpha value is -2.94. The van der Waals surface area contributed by atoms with Crippen LogP contribution in [0.25, 0.3) is 0 Å². The summed E-state index contributed by atoms with van der Waals surface area (Å²) in [5.74, 6) is 0.696. The molecule has 9 heteroatoms. The first-order valence-corrected chi connectivity index (χ1v) is 9.27. The van der Waals surface area contributed by atoms with Gasteiger partial charge in [-0.2, -0.15) is 5.10 Å². The highest BCUT2D eigenvalue weighted by Gasteiger charge is 2.33. The monoisotopic (exact) mass is 387 g/mol. The lowest BCUT2D eigenvalue weighted by molar-refractivity contribution is -0.128. The maximum atomic E-state index is 12.3. The number of carbonyl (C=O) groups is 2. The lowest BCUT2D eigenvalue weighted by atomic mass is 9.83. The minimum absolute atomic E-state index is 0.128. The van der Waals surface area contributed by atoms with Gasteiger partial charge in [-0.25, -0.2) is 4.98 Å². The first-order chi connectivity index (χ1) is 13.5. The third kappa shape index (κ3) is 5.29. The minimum Gasteiger partial charge on any atom is -0.497 e. The normalized spacial score (nSPS) is 21.7. The number of nitrogens with one attached hydrogen (secondary N) is 3. The average Bonchev–Trinajstić information content (AvgIpc) is 3.21. The first-order valence-electron chi connectivity index (χ1n) is 9.27. The van der Waals surface area contributed by atoms with Crippen LogP contribution in [0.3, 0.4) is 0 Å². The SMILES string of the molecule is COc1cccc(CC(=O)N[C@@H]2CC[C@H](C(=O)NCc3ncn[nH]3)C[C@H]2O)c1. The Bertz CT molecular complexity index is 795. The molecule has 150 valence electrons. The molecule has 0 aliphatic heterocycles. The number of carbonyl (C=O) groups excluding carboxylic acids is 2. The Balaban J connectivity index is 1.45. The number of rotatable bonds is 7. The van der Waals surface area contributed by atoms with E-state index in [1.165, 1.54) is 6.33 Å². The fourth-order valence-electron chi connectivity index (χ4n) is 3.41. The zero-order valence-corrected chi connectivity index (χ0v) is 15.7. The number of ether oxygens (including phenoxy) is 1. The van der Waals surface area contributed by atoms with Crippen molar-refractivity contribution in [2.24, 2.45) is 5.92 Å². The number of benzene rings is 1. The quantitative estimate of drug-likeness (QED) is 0.541. The summed E-state index contributed by atoms with van der Waals surface area (Å²) in [7, 11) is 1.58. The molecular formula is C19H25N5O4. The molecule has 1 aromatic heterocycles. The van der Waals surface area contributed by atoms with Crippen LogP contribution in [0.4, 0.5) is 0 Å². The number of aliphatic hydroxyl groups is 1. The first kappa shape index (κ1) is 19.8. The van der Waals surface area contributed by atoms with E-state index in [0.717, 1.165) is 5.56 Å². The van der Waals surface area contributed by atoms with E-state index in [1.54, 1.807) is 7.11 Å². The van der Waals surface area contributed by atoms with Crippen LogP contribution in [0.15, 0.2) is 30.6 Å². The number of nitrogens with zero attached hydrogens (tertiary/aromatic N) is 2. The molecule has 0 radical (unpaired) electrons. The Morgan fingerprint density at radius 2 is 2.21 bits per heavy atom. The molecule has 1 fully saturated rings. The van der Waals surface area contributed by atoms with Gasteiger partial charge in [0.05, 0.1) is 32.2 Å². The van der Waals surface area contributed by atoms with Crippen molar-refractivity contribution >= 4 is 11.8 Å². The summed E-state index contributed by atoms with van der Waals surface area (Å²) < 4.78 is 5.16. The van der Waals surface area contributed by atoms with E-state index >= 15 is 0 Å². The third-order valence-electron chi connectivity index (χ3n) is 4.93. The van der Waals surface area contributed by atoms with Gasteiger partial charge in [-0.15, -0.1) is 0 Å². The van der Waals surface area contributed by atoms with Crippen molar-refractivity contribution in [1.29, 1.82) is 0 Å². The second kappa shape index (κ2) is 9.32. The Morgan fingerprint density at radius 1 is 1.36 bits per heavy atom. The predicted octanol–water partition coefficient (Wildman–Crippen LogP) is 0.318. The molecule has 0 saturated heterocycles. The van der Waals surface area contributed by atoms with Crippen molar-refractivity contribution in [2.75, 3.05) is 7.11 Å².